The summed E-state index contributed by atoms with van der Waals surface area (Å²) in [5.74, 6) is -0.329. The number of hydrogen-bond donors (Lipinski definition) is 1. The number of imide groups is 1. The molecule has 1 atom stereocenters. The highest BCUT2D eigenvalue weighted by atomic mass is 16.4. The first-order valence-electron chi connectivity index (χ1n) is 5.38. The Hall–Kier alpha value is -1.06. The van der Waals surface area contributed by atoms with Gasteiger partial charge in [-0.2, -0.15) is 0 Å². The predicted octanol–water partition coefficient (Wildman–Crippen LogP) is 2.09. The lowest BCUT2D eigenvalue weighted by Gasteiger charge is -2.63. The van der Waals surface area contributed by atoms with Crippen LogP contribution in [0.15, 0.2) is 0 Å². The highest BCUT2D eigenvalue weighted by Crippen LogP contribution is 2.57. The van der Waals surface area contributed by atoms with Crippen molar-refractivity contribution in [1.82, 2.24) is 4.90 Å². The topological polar surface area (TPSA) is 57.6 Å². The molecule has 15 heavy (non-hydrogen) atoms. The van der Waals surface area contributed by atoms with Crippen LogP contribution >= 0.6 is 0 Å². The fourth-order valence-electron chi connectivity index (χ4n) is 3.15. The van der Waals surface area contributed by atoms with Gasteiger partial charge in [0.25, 0.3) is 0 Å². The maximum absolute atomic E-state index is 11.8. The second-order valence-corrected chi connectivity index (χ2v) is 5.71. The van der Waals surface area contributed by atoms with E-state index in [2.05, 4.69) is 0 Å². The fourth-order valence-corrected chi connectivity index (χ4v) is 3.15. The van der Waals surface area contributed by atoms with Crippen LogP contribution in [0.1, 0.15) is 40.0 Å². The average molecular weight is 211 g/mol. The molecular weight excluding hydrogens is 194 g/mol. The van der Waals surface area contributed by atoms with Crippen molar-refractivity contribution >= 4 is 12.0 Å². The van der Waals surface area contributed by atoms with Gasteiger partial charge >= 0.3 is 6.09 Å². The Morgan fingerprint density at radius 3 is 2.27 bits per heavy atom. The van der Waals surface area contributed by atoms with E-state index in [9.17, 15) is 9.59 Å². The van der Waals surface area contributed by atoms with E-state index >= 15 is 0 Å². The van der Waals surface area contributed by atoms with Crippen LogP contribution in [0.2, 0.25) is 0 Å². The third kappa shape index (κ3) is 1.13. The summed E-state index contributed by atoms with van der Waals surface area (Å²) in [6.45, 7) is 6.03. The summed E-state index contributed by atoms with van der Waals surface area (Å²) >= 11 is 0. The maximum Gasteiger partial charge on any atom is 0.414 e. The molecule has 1 heterocycles. The highest BCUT2D eigenvalue weighted by molar-refractivity contribution is 6.01. The third-order valence-electron chi connectivity index (χ3n) is 3.73. The zero-order valence-electron chi connectivity index (χ0n) is 9.41. The predicted molar refractivity (Wildman–Crippen MR) is 54.4 cm³/mol. The van der Waals surface area contributed by atoms with Gasteiger partial charge in [0, 0.05) is 0 Å². The quantitative estimate of drug-likeness (QED) is 0.624. The third-order valence-corrected chi connectivity index (χ3v) is 3.73. The van der Waals surface area contributed by atoms with Gasteiger partial charge in [-0.3, -0.25) is 4.79 Å². The molecule has 1 aliphatic carbocycles. The van der Waals surface area contributed by atoms with Crippen LogP contribution in [-0.2, 0) is 4.79 Å². The number of hydrogen-bond acceptors (Lipinski definition) is 2. The number of rotatable bonds is 0. The van der Waals surface area contributed by atoms with Crippen molar-refractivity contribution in [3.05, 3.63) is 0 Å². The molecule has 0 aromatic rings. The molecule has 84 valence electrons. The molecule has 4 heteroatoms. The molecule has 2 aliphatic rings. The number of carbonyl (C=O) groups excluding carboxylic acids is 1. The number of nitrogens with zero attached hydrogens (tertiary/aromatic N) is 1. The lowest BCUT2D eigenvalue weighted by molar-refractivity contribution is -0.188. The Morgan fingerprint density at radius 1 is 1.47 bits per heavy atom. The Labute approximate surface area is 89.3 Å². The average Bonchev–Trinajstić information content (AvgIpc) is 1.91. The summed E-state index contributed by atoms with van der Waals surface area (Å²) in [5.41, 5.74) is -0.495. The van der Waals surface area contributed by atoms with E-state index in [1.807, 2.05) is 20.8 Å². The molecule has 1 spiro atoms. The maximum atomic E-state index is 11.8. The molecule has 1 unspecified atom stereocenters. The van der Waals surface area contributed by atoms with Crippen LogP contribution < -0.4 is 0 Å². The molecule has 2 fully saturated rings. The molecule has 0 radical (unpaired) electrons. The van der Waals surface area contributed by atoms with Gasteiger partial charge in [0.15, 0.2) is 0 Å². The Bertz CT molecular complexity index is 325. The Morgan fingerprint density at radius 2 is 2.00 bits per heavy atom. The Balaban J connectivity index is 2.30. The summed E-state index contributed by atoms with van der Waals surface area (Å²) in [5, 5.41) is 8.99. The van der Waals surface area contributed by atoms with Gasteiger partial charge in [0.05, 0.1) is 11.5 Å². The largest absolute Gasteiger partial charge is 0.465 e. The minimum absolute atomic E-state index is 0.116. The standard InChI is InChI=1S/C11H17NO3/c1-10(2,3)7-8(13)12(9(14)15)11(7)5-4-6-11/h7H,4-6H2,1-3H3,(H,14,15). The van der Waals surface area contributed by atoms with E-state index in [-0.39, 0.29) is 22.8 Å². The summed E-state index contributed by atoms with van der Waals surface area (Å²) < 4.78 is 0. The van der Waals surface area contributed by atoms with Crippen LogP contribution in [0.25, 0.3) is 0 Å². The van der Waals surface area contributed by atoms with E-state index < -0.39 is 6.09 Å². The first kappa shape index (κ1) is 10.5. The molecule has 1 saturated heterocycles. The summed E-state index contributed by atoms with van der Waals surface area (Å²) in [7, 11) is 0. The minimum atomic E-state index is -1.08. The van der Waals surface area contributed by atoms with Gasteiger partial charge in [0.2, 0.25) is 5.91 Å². The normalized spacial score (nSPS) is 28.6. The van der Waals surface area contributed by atoms with Gasteiger partial charge in [-0.25, -0.2) is 9.69 Å². The van der Waals surface area contributed by atoms with E-state index in [4.69, 9.17) is 5.11 Å². The van der Waals surface area contributed by atoms with Gasteiger partial charge in [-0.1, -0.05) is 20.8 Å². The van der Waals surface area contributed by atoms with Gasteiger partial charge in [-0.15, -0.1) is 0 Å². The summed E-state index contributed by atoms with van der Waals surface area (Å²) in [6.07, 6.45) is 1.63. The van der Waals surface area contributed by atoms with Crippen molar-refractivity contribution in [2.75, 3.05) is 0 Å². The van der Waals surface area contributed by atoms with Crippen molar-refractivity contribution in [2.45, 2.75) is 45.6 Å². The first-order chi connectivity index (χ1) is 6.81. The molecule has 0 aromatic heterocycles. The molecule has 0 aromatic carbocycles. The SMILES string of the molecule is CC(C)(C)C1C(=O)N(C(=O)O)C12CCC2. The Kier molecular flexibility index (Phi) is 1.91. The molecule has 2 rings (SSSR count). The van der Waals surface area contributed by atoms with Crippen LogP contribution in [0.4, 0.5) is 4.79 Å². The molecular formula is C11H17NO3. The van der Waals surface area contributed by atoms with Crippen molar-refractivity contribution in [2.24, 2.45) is 11.3 Å². The molecule has 1 N–H and O–H groups in total. The second-order valence-electron chi connectivity index (χ2n) is 5.71. The molecule has 2 amide bonds. The second kappa shape index (κ2) is 2.74. The first-order valence-corrected chi connectivity index (χ1v) is 5.38. The van der Waals surface area contributed by atoms with Crippen molar-refractivity contribution in [1.29, 1.82) is 0 Å². The lowest BCUT2D eigenvalue weighted by Crippen LogP contribution is -2.77. The van der Waals surface area contributed by atoms with E-state index in [0.717, 1.165) is 24.2 Å². The van der Waals surface area contributed by atoms with Gasteiger partial charge in [0.1, 0.15) is 0 Å². The lowest BCUT2D eigenvalue weighted by atomic mass is 9.53. The van der Waals surface area contributed by atoms with Crippen molar-refractivity contribution in [3.63, 3.8) is 0 Å². The number of carbonyl (C=O) groups is 2. The monoisotopic (exact) mass is 211 g/mol. The minimum Gasteiger partial charge on any atom is -0.465 e. The fraction of sp³-hybridized carbons (Fsp3) is 0.818. The summed E-state index contributed by atoms with van der Waals surface area (Å²) in [6, 6.07) is 0. The molecule has 1 saturated carbocycles. The summed E-state index contributed by atoms with van der Waals surface area (Å²) in [4.78, 5) is 23.8. The van der Waals surface area contributed by atoms with E-state index in [1.54, 1.807) is 0 Å². The van der Waals surface area contributed by atoms with Crippen LogP contribution in [0.5, 0.6) is 0 Å². The molecule has 4 nitrogen and oxygen atoms in total. The van der Waals surface area contributed by atoms with E-state index in [1.165, 1.54) is 0 Å². The number of amides is 2. The highest BCUT2D eigenvalue weighted by Gasteiger charge is 2.68. The number of carboxylic acid groups (broad SMARTS) is 1. The van der Waals surface area contributed by atoms with Gasteiger partial charge in [-0.05, 0) is 24.7 Å². The number of β-lactam (4-membered cyclic amide) rings is 1. The zero-order valence-corrected chi connectivity index (χ0v) is 9.41. The van der Waals surface area contributed by atoms with Crippen LogP contribution in [0.3, 0.4) is 0 Å². The zero-order chi connectivity index (χ0) is 11.4. The molecule has 1 aliphatic heterocycles. The molecule has 0 bridgehead atoms. The van der Waals surface area contributed by atoms with Gasteiger partial charge < -0.3 is 5.11 Å². The van der Waals surface area contributed by atoms with Crippen LogP contribution in [0, 0.1) is 11.3 Å². The number of likely N-dealkylation sites (tertiary alicyclic amines) is 1. The van der Waals surface area contributed by atoms with Crippen LogP contribution in [-0.4, -0.2) is 27.5 Å². The van der Waals surface area contributed by atoms with Crippen molar-refractivity contribution in [3.8, 4) is 0 Å². The van der Waals surface area contributed by atoms with E-state index in [0.29, 0.717) is 0 Å². The smallest absolute Gasteiger partial charge is 0.414 e. The van der Waals surface area contributed by atoms with Crippen molar-refractivity contribution < 1.29 is 14.7 Å².